The molecule has 1 heterocycles. The van der Waals surface area contributed by atoms with Gasteiger partial charge in [0.2, 0.25) is 5.91 Å². The molecular formula is C11H12ClN3O. The summed E-state index contributed by atoms with van der Waals surface area (Å²) in [7, 11) is 0. The summed E-state index contributed by atoms with van der Waals surface area (Å²) in [6.07, 6.45) is 1.97. The molecule has 0 spiro atoms. The molecule has 84 valence electrons. The first-order valence-corrected chi connectivity index (χ1v) is 5.42. The lowest BCUT2D eigenvalue weighted by molar-refractivity contribution is -0.129. The third-order valence-corrected chi connectivity index (χ3v) is 2.27. The molecule has 0 bridgehead atoms. The average Bonchev–Trinajstić information content (AvgIpc) is 2.34. The number of nitrogens with zero attached hydrogens (tertiary/aromatic N) is 3. The quantitative estimate of drug-likeness (QED) is 0.731. The second kappa shape index (κ2) is 6.81. The third kappa shape index (κ3) is 3.87. The van der Waals surface area contributed by atoms with Crippen molar-refractivity contribution < 1.29 is 4.79 Å². The van der Waals surface area contributed by atoms with Crippen LogP contribution in [0.2, 0.25) is 0 Å². The average molecular weight is 238 g/mol. The number of alkyl halides is 1. The van der Waals surface area contributed by atoms with E-state index in [4.69, 9.17) is 16.9 Å². The number of pyridine rings is 1. The van der Waals surface area contributed by atoms with E-state index < -0.39 is 0 Å². The van der Waals surface area contributed by atoms with Gasteiger partial charge in [-0.3, -0.25) is 9.78 Å². The molecule has 0 aromatic carbocycles. The Bertz CT molecular complexity index is 375. The Morgan fingerprint density at radius 3 is 2.94 bits per heavy atom. The van der Waals surface area contributed by atoms with E-state index in [0.717, 1.165) is 5.69 Å². The zero-order valence-electron chi connectivity index (χ0n) is 8.77. The predicted molar refractivity (Wildman–Crippen MR) is 60.6 cm³/mol. The highest BCUT2D eigenvalue weighted by Gasteiger charge is 2.12. The van der Waals surface area contributed by atoms with Crippen molar-refractivity contribution in [2.45, 2.75) is 13.0 Å². The molecule has 1 amide bonds. The molecule has 16 heavy (non-hydrogen) atoms. The summed E-state index contributed by atoms with van der Waals surface area (Å²) < 4.78 is 0. The van der Waals surface area contributed by atoms with Gasteiger partial charge in [-0.05, 0) is 12.1 Å². The lowest BCUT2D eigenvalue weighted by Gasteiger charge is -2.19. The Morgan fingerprint density at radius 1 is 1.56 bits per heavy atom. The molecule has 4 nitrogen and oxygen atoms in total. The number of halogens is 1. The summed E-state index contributed by atoms with van der Waals surface area (Å²) in [4.78, 5) is 17.1. The van der Waals surface area contributed by atoms with Crippen molar-refractivity contribution in [3.05, 3.63) is 30.1 Å². The Labute approximate surface area is 99.5 Å². The van der Waals surface area contributed by atoms with Crippen molar-refractivity contribution in [1.82, 2.24) is 9.88 Å². The Hall–Kier alpha value is -1.60. The maximum atomic E-state index is 11.5. The first-order valence-electron chi connectivity index (χ1n) is 4.88. The molecule has 5 heteroatoms. The van der Waals surface area contributed by atoms with Crippen LogP contribution in [0, 0.1) is 11.3 Å². The monoisotopic (exact) mass is 237 g/mol. The second-order valence-corrected chi connectivity index (χ2v) is 3.45. The molecule has 0 aliphatic heterocycles. The van der Waals surface area contributed by atoms with Gasteiger partial charge in [-0.2, -0.15) is 5.26 Å². The van der Waals surface area contributed by atoms with Crippen molar-refractivity contribution >= 4 is 17.5 Å². The van der Waals surface area contributed by atoms with E-state index in [-0.39, 0.29) is 11.8 Å². The number of rotatable bonds is 5. The summed E-state index contributed by atoms with van der Waals surface area (Å²) in [5, 5.41) is 8.50. The van der Waals surface area contributed by atoms with Crippen molar-refractivity contribution in [1.29, 1.82) is 5.26 Å². The topological polar surface area (TPSA) is 57.0 Å². The molecular weight excluding hydrogens is 226 g/mol. The highest BCUT2D eigenvalue weighted by molar-refractivity contribution is 6.27. The van der Waals surface area contributed by atoms with Gasteiger partial charge in [0, 0.05) is 12.7 Å². The van der Waals surface area contributed by atoms with Crippen molar-refractivity contribution in [3.63, 3.8) is 0 Å². The van der Waals surface area contributed by atoms with Gasteiger partial charge in [0.1, 0.15) is 5.88 Å². The first kappa shape index (κ1) is 12.5. The molecule has 0 saturated heterocycles. The summed E-state index contributed by atoms with van der Waals surface area (Å²) in [6, 6.07) is 7.51. The van der Waals surface area contributed by atoms with Gasteiger partial charge in [-0.15, -0.1) is 11.6 Å². The highest BCUT2D eigenvalue weighted by atomic mass is 35.5. The van der Waals surface area contributed by atoms with Crippen LogP contribution >= 0.6 is 11.6 Å². The third-order valence-electron chi connectivity index (χ3n) is 2.04. The number of carbonyl (C=O) groups is 1. The Balaban J connectivity index is 2.64. The van der Waals surface area contributed by atoms with Gasteiger partial charge >= 0.3 is 0 Å². The van der Waals surface area contributed by atoms with E-state index >= 15 is 0 Å². The van der Waals surface area contributed by atoms with Crippen molar-refractivity contribution in [3.8, 4) is 6.07 Å². The molecule has 1 rings (SSSR count). The first-order chi connectivity index (χ1) is 7.77. The highest BCUT2D eigenvalue weighted by Crippen LogP contribution is 2.03. The molecule has 0 atom stereocenters. The van der Waals surface area contributed by atoms with Gasteiger partial charge in [-0.1, -0.05) is 6.07 Å². The fourth-order valence-electron chi connectivity index (χ4n) is 1.25. The number of hydrogen-bond acceptors (Lipinski definition) is 3. The van der Waals surface area contributed by atoms with Gasteiger partial charge < -0.3 is 4.90 Å². The number of hydrogen-bond donors (Lipinski definition) is 0. The molecule has 0 fully saturated rings. The molecule has 0 aliphatic rings. The fourth-order valence-corrected chi connectivity index (χ4v) is 1.42. The summed E-state index contributed by atoms with van der Waals surface area (Å²) in [6.45, 7) is 0.784. The van der Waals surface area contributed by atoms with Gasteiger partial charge in [0.05, 0.1) is 24.7 Å². The zero-order valence-corrected chi connectivity index (χ0v) is 9.52. The summed E-state index contributed by atoms with van der Waals surface area (Å²) in [5.74, 6) is -0.249. The molecule has 1 aromatic heterocycles. The van der Waals surface area contributed by atoms with E-state index in [0.29, 0.717) is 19.5 Å². The lowest BCUT2D eigenvalue weighted by Crippen LogP contribution is -2.32. The van der Waals surface area contributed by atoms with E-state index in [2.05, 4.69) is 4.98 Å². The van der Waals surface area contributed by atoms with Gasteiger partial charge in [0.25, 0.3) is 0 Å². The minimum atomic E-state index is -0.178. The number of carbonyl (C=O) groups excluding carboxylic acids is 1. The van der Waals surface area contributed by atoms with E-state index in [9.17, 15) is 4.79 Å². The van der Waals surface area contributed by atoms with E-state index in [1.54, 1.807) is 11.1 Å². The number of nitriles is 1. The molecule has 0 radical (unpaired) electrons. The van der Waals surface area contributed by atoms with E-state index in [1.807, 2.05) is 24.3 Å². The second-order valence-electron chi connectivity index (χ2n) is 3.18. The minimum absolute atomic E-state index is 0.0712. The van der Waals surface area contributed by atoms with Crippen LogP contribution in [0.5, 0.6) is 0 Å². The minimum Gasteiger partial charge on any atom is -0.335 e. The van der Waals surface area contributed by atoms with Crippen LogP contribution in [0.3, 0.4) is 0 Å². The van der Waals surface area contributed by atoms with Crippen LogP contribution in [-0.4, -0.2) is 28.2 Å². The maximum Gasteiger partial charge on any atom is 0.237 e. The molecule has 1 aromatic rings. The Kier molecular flexibility index (Phi) is 5.30. The summed E-state index contributed by atoms with van der Waals surface area (Å²) >= 11 is 5.50. The van der Waals surface area contributed by atoms with Crippen molar-refractivity contribution in [2.24, 2.45) is 0 Å². The van der Waals surface area contributed by atoms with Crippen LogP contribution < -0.4 is 0 Å². The molecule has 0 saturated carbocycles. The predicted octanol–water partition coefficient (Wildman–Crippen LogP) is 1.56. The fraction of sp³-hybridized carbons (Fsp3) is 0.364. The number of aromatic nitrogens is 1. The molecule has 0 N–H and O–H groups in total. The normalized spacial score (nSPS) is 9.50. The summed E-state index contributed by atoms with van der Waals surface area (Å²) in [5.41, 5.74) is 0.791. The zero-order chi connectivity index (χ0) is 11.8. The Morgan fingerprint density at radius 2 is 2.38 bits per heavy atom. The van der Waals surface area contributed by atoms with Crippen LogP contribution in [0.1, 0.15) is 12.1 Å². The largest absolute Gasteiger partial charge is 0.335 e. The van der Waals surface area contributed by atoms with Gasteiger partial charge in [-0.25, -0.2) is 0 Å². The van der Waals surface area contributed by atoms with Crippen LogP contribution in [-0.2, 0) is 11.3 Å². The molecule has 0 aliphatic carbocycles. The molecule has 0 unspecified atom stereocenters. The van der Waals surface area contributed by atoms with Gasteiger partial charge in [0.15, 0.2) is 0 Å². The maximum absolute atomic E-state index is 11.5. The lowest BCUT2D eigenvalue weighted by atomic mass is 10.3. The van der Waals surface area contributed by atoms with Crippen molar-refractivity contribution in [2.75, 3.05) is 12.4 Å². The van der Waals surface area contributed by atoms with Crippen LogP contribution in [0.4, 0.5) is 0 Å². The van der Waals surface area contributed by atoms with Crippen LogP contribution in [0.25, 0.3) is 0 Å². The SMILES string of the molecule is N#CCCN(Cc1ccccn1)C(=O)CCl. The smallest absolute Gasteiger partial charge is 0.237 e. The number of amides is 1. The van der Waals surface area contributed by atoms with E-state index in [1.165, 1.54) is 0 Å². The standard InChI is InChI=1S/C11H12ClN3O/c12-8-11(16)15(7-3-5-13)9-10-4-1-2-6-14-10/h1-2,4,6H,3,7-9H2. The van der Waals surface area contributed by atoms with Crippen LogP contribution in [0.15, 0.2) is 24.4 Å².